The Morgan fingerprint density at radius 3 is 2.73 bits per heavy atom. The van der Waals surface area contributed by atoms with Crippen LogP contribution in [-0.2, 0) is 3.07 Å². The summed E-state index contributed by atoms with van der Waals surface area (Å²) in [5, 5.41) is 6.27. The van der Waals surface area contributed by atoms with Gasteiger partial charge in [-0.2, -0.15) is 4.39 Å². The van der Waals surface area contributed by atoms with Crippen LogP contribution in [0, 0.1) is 5.95 Å². The number of halogens is 2. The Bertz CT molecular complexity index is 264. The normalized spacial score (nSPS) is 9.27. The van der Waals surface area contributed by atoms with Gasteiger partial charge in [-0.05, 0) is 12.1 Å². The Hall–Kier alpha value is -0.790. The zero-order chi connectivity index (χ0) is 8.27. The van der Waals surface area contributed by atoms with Crippen molar-refractivity contribution < 1.29 is 12.3 Å². The lowest BCUT2D eigenvalue weighted by Gasteiger charge is -1.92. The average molecular weight is 268 g/mol. The fourth-order valence-corrected chi connectivity index (χ4v) is 0.690. The van der Waals surface area contributed by atoms with Gasteiger partial charge in [0.2, 0.25) is 5.95 Å². The Morgan fingerprint density at radius 1 is 1.55 bits per heavy atom. The number of carbonyl (C=O) groups excluding carboxylic acids is 1. The maximum Gasteiger partial charge on any atom is 0.368 e. The molecule has 0 aliphatic rings. The van der Waals surface area contributed by atoms with Crippen molar-refractivity contribution in [1.29, 1.82) is 0 Å². The van der Waals surface area contributed by atoms with Crippen molar-refractivity contribution in [3.63, 3.8) is 0 Å². The van der Waals surface area contributed by atoms with Gasteiger partial charge in [-0.3, -0.25) is 0 Å². The van der Waals surface area contributed by atoms with E-state index in [9.17, 15) is 9.18 Å². The van der Waals surface area contributed by atoms with Gasteiger partial charge < -0.3 is 3.07 Å². The molecule has 58 valence electrons. The van der Waals surface area contributed by atoms with E-state index in [1.54, 1.807) is 0 Å². The summed E-state index contributed by atoms with van der Waals surface area (Å²) in [6.45, 7) is 0. The highest BCUT2D eigenvalue weighted by molar-refractivity contribution is 14.1. The van der Waals surface area contributed by atoms with Crippen molar-refractivity contribution in [1.82, 2.24) is 10.2 Å². The van der Waals surface area contributed by atoms with E-state index in [1.165, 1.54) is 29.1 Å². The zero-order valence-corrected chi connectivity index (χ0v) is 7.28. The first-order valence-electron chi connectivity index (χ1n) is 2.56. The smallest absolute Gasteiger partial charge is 0.368 e. The van der Waals surface area contributed by atoms with Crippen molar-refractivity contribution in [2.45, 2.75) is 0 Å². The molecule has 0 radical (unpaired) electrons. The lowest BCUT2D eigenvalue weighted by molar-refractivity contribution is 0.0793. The number of aromatic nitrogens is 2. The van der Waals surface area contributed by atoms with E-state index in [-0.39, 0.29) is 5.69 Å². The topological polar surface area (TPSA) is 52.1 Å². The molecule has 0 saturated heterocycles. The summed E-state index contributed by atoms with van der Waals surface area (Å²) in [6, 6.07) is 2.24. The molecule has 0 aliphatic carbocycles. The van der Waals surface area contributed by atoms with Crippen molar-refractivity contribution in [2.24, 2.45) is 0 Å². The molecule has 0 fully saturated rings. The van der Waals surface area contributed by atoms with Gasteiger partial charge in [-0.1, -0.05) is 0 Å². The van der Waals surface area contributed by atoms with Crippen molar-refractivity contribution in [3.05, 3.63) is 23.8 Å². The third-order valence-corrected chi connectivity index (χ3v) is 1.31. The Kier molecular flexibility index (Phi) is 2.69. The molecule has 1 heterocycles. The van der Waals surface area contributed by atoms with Crippen LogP contribution in [0.2, 0.25) is 0 Å². The molecule has 0 atom stereocenters. The predicted molar refractivity (Wildman–Crippen MR) is 41.4 cm³/mol. The van der Waals surface area contributed by atoms with Crippen LogP contribution in [0.3, 0.4) is 0 Å². The van der Waals surface area contributed by atoms with E-state index in [1.807, 2.05) is 0 Å². The molecule has 0 bridgehead atoms. The van der Waals surface area contributed by atoms with Gasteiger partial charge in [-0.25, -0.2) is 4.79 Å². The SMILES string of the molecule is O=C(OI)c1ccc(F)nn1. The van der Waals surface area contributed by atoms with E-state index >= 15 is 0 Å². The predicted octanol–water partition coefficient (Wildman–Crippen LogP) is 1.12. The maximum atomic E-state index is 12.1. The minimum atomic E-state index is -0.727. The average Bonchev–Trinajstić information content (AvgIpc) is 2.05. The van der Waals surface area contributed by atoms with Crippen LogP contribution in [0.15, 0.2) is 12.1 Å². The van der Waals surface area contributed by atoms with Crippen LogP contribution in [-0.4, -0.2) is 16.2 Å². The standard InChI is InChI=1S/C5H2FIN2O2/c6-4-2-1-3(8-9-4)5(10)11-7/h1-2H. The molecule has 0 spiro atoms. The van der Waals surface area contributed by atoms with E-state index in [2.05, 4.69) is 13.3 Å². The van der Waals surface area contributed by atoms with E-state index in [0.717, 1.165) is 6.07 Å². The Balaban J connectivity index is 2.90. The van der Waals surface area contributed by atoms with Gasteiger partial charge in [0, 0.05) is 0 Å². The van der Waals surface area contributed by atoms with Crippen LogP contribution >= 0.6 is 23.0 Å². The van der Waals surface area contributed by atoms with Crippen molar-refractivity contribution in [3.8, 4) is 0 Å². The number of nitrogens with zero attached hydrogens (tertiary/aromatic N) is 2. The van der Waals surface area contributed by atoms with Gasteiger partial charge in [-0.15, -0.1) is 10.2 Å². The van der Waals surface area contributed by atoms with Crippen LogP contribution in [0.25, 0.3) is 0 Å². The summed E-state index contributed by atoms with van der Waals surface area (Å²) < 4.78 is 16.4. The molecule has 1 aromatic rings. The minimum absolute atomic E-state index is 0.0131. The fourth-order valence-electron chi connectivity index (χ4n) is 0.464. The molecule has 0 aliphatic heterocycles. The Morgan fingerprint density at radius 2 is 2.27 bits per heavy atom. The summed E-state index contributed by atoms with van der Waals surface area (Å²) in [5.74, 6) is -1.37. The summed E-state index contributed by atoms with van der Waals surface area (Å²) in [5.41, 5.74) is -0.0131. The van der Waals surface area contributed by atoms with Gasteiger partial charge in [0.05, 0.1) is 0 Å². The number of hydrogen-bond acceptors (Lipinski definition) is 4. The molecule has 0 aromatic carbocycles. The minimum Gasteiger partial charge on any atom is -0.390 e. The number of carbonyl (C=O) groups is 1. The highest BCUT2D eigenvalue weighted by Crippen LogP contribution is 1.99. The third kappa shape index (κ3) is 2.07. The molecular formula is C5H2FIN2O2. The summed E-state index contributed by atoms with van der Waals surface area (Å²) in [4.78, 5) is 10.7. The first-order chi connectivity index (χ1) is 5.24. The second-order valence-electron chi connectivity index (χ2n) is 1.61. The van der Waals surface area contributed by atoms with Crippen LogP contribution in [0.5, 0.6) is 0 Å². The molecular weight excluding hydrogens is 266 g/mol. The zero-order valence-electron chi connectivity index (χ0n) is 5.12. The molecule has 0 unspecified atom stereocenters. The first-order valence-corrected chi connectivity index (χ1v) is 3.44. The Labute approximate surface area is 75.5 Å². The molecule has 0 saturated carbocycles. The molecule has 1 aromatic heterocycles. The second kappa shape index (κ2) is 3.56. The quantitative estimate of drug-likeness (QED) is 0.716. The van der Waals surface area contributed by atoms with E-state index in [0.29, 0.717) is 0 Å². The summed E-state index contributed by atoms with van der Waals surface area (Å²) in [7, 11) is 0. The van der Waals surface area contributed by atoms with Crippen molar-refractivity contribution in [2.75, 3.05) is 0 Å². The number of rotatable bonds is 1. The van der Waals surface area contributed by atoms with Crippen LogP contribution in [0.4, 0.5) is 4.39 Å². The molecule has 6 heteroatoms. The molecule has 11 heavy (non-hydrogen) atoms. The highest BCUT2D eigenvalue weighted by Gasteiger charge is 2.07. The lowest BCUT2D eigenvalue weighted by Crippen LogP contribution is -2.03. The molecule has 4 nitrogen and oxygen atoms in total. The first kappa shape index (κ1) is 8.31. The van der Waals surface area contributed by atoms with Gasteiger partial charge >= 0.3 is 5.97 Å². The van der Waals surface area contributed by atoms with E-state index < -0.39 is 11.9 Å². The third-order valence-electron chi connectivity index (χ3n) is 0.911. The van der Waals surface area contributed by atoms with Gasteiger partial charge in [0.25, 0.3) is 0 Å². The lowest BCUT2D eigenvalue weighted by atomic mass is 10.4. The van der Waals surface area contributed by atoms with Gasteiger partial charge in [0.1, 0.15) is 0 Å². The van der Waals surface area contributed by atoms with Crippen molar-refractivity contribution >= 4 is 29.0 Å². The second-order valence-corrected chi connectivity index (χ2v) is 2.05. The summed E-state index contributed by atoms with van der Waals surface area (Å²) >= 11 is 1.41. The largest absolute Gasteiger partial charge is 0.390 e. The molecule has 1 rings (SSSR count). The van der Waals surface area contributed by atoms with Gasteiger partial charge in [0.15, 0.2) is 28.7 Å². The monoisotopic (exact) mass is 268 g/mol. The molecule has 0 N–H and O–H groups in total. The van der Waals surface area contributed by atoms with Crippen LogP contribution < -0.4 is 0 Å². The number of hydrogen-bond donors (Lipinski definition) is 0. The van der Waals surface area contributed by atoms with Crippen LogP contribution in [0.1, 0.15) is 10.5 Å². The van der Waals surface area contributed by atoms with E-state index in [4.69, 9.17) is 0 Å². The maximum absolute atomic E-state index is 12.1. The highest BCUT2D eigenvalue weighted by atomic mass is 127. The fraction of sp³-hybridized carbons (Fsp3) is 0. The summed E-state index contributed by atoms with van der Waals surface area (Å²) in [6.07, 6.45) is 0. The molecule has 0 amide bonds.